The van der Waals surface area contributed by atoms with E-state index < -0.39 is 10.0 Å². The van der Waals surface area contributed by atoms with Crippen molar-refractivity contribution in [1.82, 2.24) is 10.0 Å². The average Bonchev–Trinajstić information content (AvgIpc) is 2.32. The summed E-state index contributed by atoms with van der Waals surface area (Å²) in [4.78, 5) is 11.8. The molecule has 1 rings (SSSR count). The lowest BCUT2D eigenvalue weighted by Crippen LogP contribution is -2.33. The fourth-order valence-corrected chi connectivity index (χ4v) is 2.21. The number of halogens is 1. The van der Waals surface area contributed by atoms with Crippen LogP contribution in [0, 0.1) is 0 Å². The van der Waals surface area contributed by atoms with Gasteiger partial charge >= 0.3 is 0 Å². The Morgan fingerprint density at radius 1 is 1.44 bits per heavy atom. The number of sulfonamides is 1. The Morgan fingerprint density at radius 2 is 2.11 bits per heavy atom. The van der Waals surface area contributed by atoms with E-state index in [1.165, 1.54) is 13.1 Å². The SMILES string of the molecule is CNS(=O)(=O)CCNC(=O)c1cc(N)ccc1Br. The molecule has 1 amide bonds. The minimum Gasteiger partial charge on any atom is -0.399 e. The second kappa shape index (κ2) is 6.17. The Hall–Kier alpha value is -1.12. The zero-order valence-electron chi connectivity index (χ0n) is 9.73. The molecule has 0 heterocycles. The van der Waals surface area contributed by atoms with Crippen LogP contribution in [0.1, 0.15) is 10.4 Å². The Labute approximate surface area is 114 Å². The van der Waals surface area contributed by atoms with Crippen molar-refractivity contribution < 1.29 is 13.2 Å². The minimum atomic E-state index is -3.32. The van der Waals surface area contributed by atoms with Gasteiger partial charge in [-0.1, -0.05) is 0 Å². The Bertz CT molecular complexity index is 545. The van der Waals surface area contributed by atoms with Gasteiger partial charge < -0.3 is 11.1 Å². The van der Waals surface area contributed by atoms with Gasteiger partial charge in [0.1, 0.15) is 0 Å². The number of carbonyl (C=O) groups excluding carboxylic acids is 1. The molecule has 1 aromatic rings. The Morgan fingerprint density at radius 3 is 2.72 bits per heavy atom. The summed E-state index contributed by atoms with van der Waals surface area (Å²) in [6.07, 6.45) is 0. The fraction of sp³-hybridized carbons (Fsp3) is 0.300. The van der Waals surface area contributed by atoms with Crippen molar-refractivity contribution in [1.29, 1.82) is 0 Å². The third kappa shape index (κ3) is 4.28. The van der Waals surface area contributed by atoms with Crippen molar-refractivity contribution in [2.24, 2.45) is 0 Å². The summed E-state index contributed by atoms with van der Waals surface area (Å²) in [5.74, 6) is -0.546. The summed E-state index contributed by atoms with van der Waals surface area (Å²) in [5, 5.41) is 2.51. The van der Waals surface area contributed by atoms with Gasteiger partial charge in [-0.25, -0.2) is 13.1 Å². The molecular weight excluding hydrogens is 322 g/mol. The molecule has 0 aromatic heterocycles. The third-order valence-electron chi connectivity index (χ3n) is 2.20. The lowest BCUT2D eigenvalue weighted by atomic mass is 10.2. The first-order chi connectivity index (χ1) is 8.35. The van der Waals surface area contributed by atoms with Crippen molar-refractivity contribution in [2.75, 3.05) is 25.1 Å². The molecule has 1 aromatic carbocycles. The lowest BCUT2D eigenvalue weighted by Gasteiger charge is -2.07. The zero-order chi connectivity index (χ0) is 13.8. The molecule has 0 radical (unpaired) electrons. The molecule has 0 aliphatic heterocycles. The van der Waals surface area contributed by atoms with Crippen molar-refractivity contribution in [3.8, 4) is 0 Å². The molecule has 0 saturated carbocycles. The molecule has 0 fully saturated rings. The van der Waals surface area contributed by atoms with Crippen LogP contribution in [0.25, 0.3) is 0 Å². The quantitative estimate of drug-likeness (QED) is 0.674. The van der Waals surface area contributed by atoms with Gasteiger partial charge in [-0.15, -0.1) is 0 Å². The first-order valence-corrected chi connectivity index (χ1v) is 7.54. The highest BCUT2D eigenvalue weighted by atomic mass is 79.9. The number of anilines is 1. The summed E-state index contributed by atoms with van der Waals surface area (Å²) >= 11 is 3.23. The molecule has 18 heavy (non-hydrogen) atoms. The van der Waals surface area contributed by atoms with E-state index in [2.05, 4.69) is 26.0 Å². The second-order valence-corrected chi connectivity index (χ2v) is 6.42. The number of hydrogen-bond acceptors (Lipinski definition) is 4. The average molecular weight is 336 g/mol. The van der Waals surface area contributed by atoms with E-state index >= 15 is 0 Å². The molecule has 0 unspecified atom stereocenters. The number of hydrogen-bond donors (Lipinski definition) is 3. The van der Waals surface area contributed by atoms with Crippen molar-refractivity contribution in [2.45, 2.75) is 0 Å². The number of rotatable bonds is 5. The summed E-state index contributed by atoms with van der Waals surface area (Å²) in [7, 11) is -1.99. The molecule has 0 saturated heterocycles. The molecule has 0 spiro atoms. The molecule has 0 atom stereocenters. The highest BCUT2D eigenvalue weighted by Crippen LogP contribution is 2.19. The van der Waals surface area contributed by atoms with E-state index in [4.69, 9.17) is 5.73 Å². The van der Waals surface area contributed by atoms with Crippen molar-refractivity contribution in [3.05, 3.63) is 28.2 Å². The van der Waals surface area contributed by atoms with Gasteiger partial charge in [0.25, 0.3) is 5.91 Å². The monoisotopic (exact) mass is 335 g/mol. The van der Waals surface area contributed by atoms with Crippen molar-refractivity contribution >= 4 is 37.5 Å². The molecule has 4 N–H and O–H groups in total. The predicted molar refractivity (Wildman–Crippen MR) is 73.7 cm³/mol. The smallest absolute Gasteiger partial charge is 0.252 e. The standard InChI is InChI=1S/C10H14BrN3O3S/c1-13-18(16,17)5-4-14-10(15)8-6-7(12)2-3-9(8)11/h2-3,6,13H,4-5,12H2,1H3,(H,14,15). The Balaban J connectivity index is 2.64. The van der Waals surface area contributed by atoms with Gasteiger partial charge in [-0.3, -0.25) is 4.79 Å². The number of nitrogens with one attached hydrogen (secondary N) is 2. The summed E-state index contributed by atoms with van der Waals surface area (Å²) in [5.41, 5.74) is 6.41. The first-order valence-electron chi connectivity index (χ1n) is 5.10. The maximum atomic E-state index is 11.8. The predicted octanol–water partition coefficient (Wildman–Crippen LogP) is 0.310. The number of nitrogens with two attached hydrogens (primary N) is 1. The van der Waals surface area contributed by atoms with Gasteiger partial charge in [0.05, 0.1) is 11.3 Å². The normalized spacial score (nSPS) is 11.2. The second-order valence-electron chi connectivity index (χ2n) is 3.52. The van der Waals surface area contributed by atoms with E-state index in [0.29, 0.717) is 15.7 Å². The minimum absolute atomic E-state index is 0.0310. The molecule has 6 nitrogen and oxygen atoms in total. The summed E-state index contributed by atoms with van der Waals surface area (Å²) < 4.78 is 25.1. The molecule has 8 heteroatoms. The summed E-state index contributed by atoms with van der Waals surface area (Å²) in [6, 6.07) is 4.84. The van der Waals surface area contributed by atoms with Gasteiger partial charge in [0.2, 0.25) is 10.0 Å². The highest BCUT2D eigenvalue weighted by Gasteiger charge is 2.12. The van der Waals surface area contributed by atoms with Gasteiger partial charge in [0.15, 0.2) is 0 Å². The van der Waals surface area contributed by atoms with Gasteiger partial charge in [-0.05, 0) is 41.2 Å². The van der Waals surface area contributed by atoms with Gasteiger partial charge in [-0.2, -0.15) is 0 Å². The van der Waals surface area contributed by atoms with Crippen LogP contribution in [-0.2, 0) is 10.0 Å². The highest BCUT2D eigenvalue weighted by molar-refractivity contribution is 9.10. The van der Waals surface area contributed by atoms with Crippen LogP contribution in [0.4, 0.5) is 5.69 Å². The molecular formula is C10H14BrN3O3S. The molecule has 0 aliphatic carbocycles. The molecule has 0 bridgehead atoms. The van der Waals surface area contributed by atoms with Crippen LogP contribution in [0.15, 0.2) is 22.7 Å². The number of carbonyl (C=O) groups is 1. The summed E-state index contributed by atoms with van der Waals surface area (Å²) in [6.45, 7) is 0.0310. The van der Waals surface area contributed by atoms with Crippen LogP contribution in [0.5, 0.6) is 0 Å². The number of benzene rings is 1. The van der Waals surface area contributed by atoms with E-state index in [1.54, 1.807) is 12.1 Å². The number of amides is 1. The van der Waals surface area contributed by atoms with Gasteiger partial charge in [0, 0.05) is 16.7 Å². The van der Waals surface area contributed by atoms with E-state index in [1.807, 2.05) is 0 Å². The Kier molecular flexibility index (Phi) is 5.12. The maximum Gasteiger partial charge on any atom is 0.252 e. The molecule has 0 aliphatic rings. The van der Waals surface area contributed by atoms with E-state index in [0.717, 1.165) is 0 Å². The van der Waals surface area contributed by atoms with Crippen LogP contribution in [0.2, 0.25) is 0 Å². The van der Waals surface area contributed by atoms with E-state index in [9.17, 15) is 13.2 Å². The zero-order valence-corrected chi connectivity index (χ0v) is 12.1. The fourth-order valence-electron chi connectivity index (χ4n) is 1.21. The third-order valence-corrected chi connectivity index (χ3v) is 4.26. The topological polar surface area (TPSA) is 101 Å². The van der Waals surface area contributed by atoms with Crippen LogP contribution in [-0.4, -0.2) is 33.7 Å². The van der Waals surface area contributed by atoms with E-state index in [-0.39, 0.29) is 18.2 Å². The van der Waals surface area contributed by atoms with Crippen molar-refractivity contribution in [3.63, 3.8) is 0 Å². The van der Waals surface area contributed by atoms with Crippen LogP contribution < -0.4 is 15.8 Å². The maximum absolute atomic E-state index is 11.8. The lowest BCUT2D eigenvalue weighted by molar-refractivity contribution is 0.0955. The first kappa shape index (κ1) is 14.9. The van der Waals surface area contributed by atoms with Crippen LogP contribution >= 0.6 is 15.9 Å². The number of nitrogen functional groups attached to an aromatic ring is 1. The largest absolute Gasteiger partial charge is 0.399 e. The van der Waals surface area contributed by atoms with Crippen LogP contribution in [0.3, 0.4) is 0 Å². The molecule has 100 valence electrons.